The van der Waals surface area contributed by atoms with Gasteiger partial charge in [0.05, 0.1) is 19.8 Å². The van der Waals surface area contributed by atoms with Crippen LogP contribution in [0.5, 0.6) is 11.5 Å². The first kappa shape index (κ1) is 18.2. The van der Waals surface area contributed by atoms with Crippen LogP contribution in [0.4, 0.5) is 0 Å². The summed E-state index contributed by atoms with van der Waals surface area (Å²) in [6.45, 7) is 2.46. The summed E-state index contributed by atoms with van der Waals surface area (Å²) in [5.41, 5.74) is 1.25. The molecule has 1 aliphatic rings. The molecule has 0 saturated heterocycles. The van der Waals surface area contributed by atoms with Gasteiger partial charge in [0.1, 0.15) is 5.49 Å². The Morgan fingerprint density at radius 3 is 2.69 bits per heavy atom. The maximum Gasteiger partial charge on any atom is 0.263 e. The predicted molar refractivity (Wildman–Crippen MR) is 101 cm³/mol. The van der Waals surface area contributed by atoms with Crippen molar-refractivity contribution >= 4 is 5.91 Å². The predicted octanol–water partition coefficient (Wildman–Crippen LogP) is 3.82. The quantitative estimate of drug-likeness (QED) is 0.820. The minimum absolute atomic E-state index is 0.124. The zero-order valence-electron chi connectivity index (χ0n) is 15.5. The van der Waals surface area contributed by atoms with Crippen LogP contribution in [0.2, 0.25) is 0 Å². The number of hydrogen-bond acceptors (Lipinski definition) is 4. The highest BCUT2D eigenvalue weighted by Gasteiger charge is 2.15. The van der Waals surface area contributed by atoms with Crippen molar-refractivity contribution in [1.29, 1.82) is 0 Å². The van der Waals surface area contributed by atoms with Gasteiger partial charge >= 0.3 is 0 Å². The Hall–Kier alpha value is -2.56. The van der Waals surface area contributed by atoms with E-state index < -0.39 is 0 Å². The monoisotopic (exact) mass is 354 g/mol. The van der Waals surface area contributed by atoms with E-state index >= 15 is 0 Å². The molecule has 0 aliphatic heterocycles. The number of pyridine rings is 1. The maximum absolute atomic E-state index is 13.1. The molecule has 0 atom stereocenters. The van der Waals surface area contributed by atoms with Crippen molar-refractivity contribution in [2.24, 2.45) is 4.99 Å². The number of benzene rings is 1. The Morgan fingerprint density at radius 2 is 1.96 bits per heavy atom. The molecular weight excluding hydrogens is 328 g/mol. The summed E-state index contributed by atoms with van der Waals surface area (Å²) in [5.74, 6) is 1.07. The van der Waals surface area contributed by atoms with Gasteiger partial charge in [-0.2, -0.15) is 0 Å². The fourth-order valence-electron chi connectivity index (χ4n) is 3.32. The summed E-state index contributed by atoms with van der Waals surface area (Å²) in [6.07, 6.45) is 7.68. The van der Waals surface area contributed by atoms with Crippen molar-refractivity contribution in [3.8, 4) is 11.5 Å². The smallest absolute Gasteiger partial charge is 0.263 e. The molecule has 1 aromatic carbocycles. The topological polar surface area (TPSA) is 52.8 Å². The molecule has 3 rings (SSSR count). The molecule has 5 heteroatoms. The second kappa shape index (κ2) is 8.70. The van der Waals surface area contributed by atoms with Gasteiger partial charge < -0.3 is 9.47 Å². The number of carbonyl (C=O) groups excluding carboxylic acids is 1. The third kappa shape index (κ3) is 4.15. The van der Waals surface area contributed by atoms with Gasteiger partial charge in [-0.3, -0.25) is 14.4 Å². The lowest BCUT2D eigenvalue weighted by Gasteiger charge is -2.18. The van der Waals surface area contributed by atoms with Gasteiger partial charge in [-0.25, -0.2) is 0 Å². The molecule has 1 saturated carbocycles. The summed E-state index contributed by atoms with van der Waals surface area (Å²) in [4.78, 5) is 17.9. The van der Waals surface area contributed by atoms with Crippen LogP contribution in [-0.4, -0.2) is 30.2 Å². The lowest BCUT2D eigenvalue weighted by Crippen LogP contribution is -2.29. The summed E-state index contributed by atoms with van der Waals surface area (Å²) >= 11 is 0. The molecule has 1 fully saturated rings. The normalized spacial score (nSPS) is 15.7. The van der Waals surface area contributed by atoms with E-state index in [9.17, 15) is 4.79 Å². The highest BCUT2D eigenvalue weighted by atomic mass is 16.5. The summed E-state index contributed by atoms with van der Waals surface area (Å²) in [7, 11) is 1.58. The van der Waals surface area contributed by atoms with Crippen LogP contribution in [0.3, 0.4) is 0 Å². The van der Waals surface area contributed by atoms with Gasteiger partial charge in [-0.15, -0.1) is 0 Å². The van der Waals surface area contributed by atoms with Crippen LogP contribution < -0.4 is 15.0 Å². The van der Waals surface area contributed by atoms with Gasteiger partial charge in [0.15, 0.2) is 11.5 Å². The Labute approximate surface area is 154 Å². The van der Waals surface area contributed by atoms with E-state index in [1.54, 1.807) is 36.1 Å². The van der Waals surface area contributed by atoms with E-state index in [-0.39, 0.29) is 5.91 Å². The number of aromatic nitrogens is 1. The fraction of sp³-hybridized carbons (Fsp3) is 0.429. The molecule has 1 aromatic heterocycles. The summed E-state index contributed by atoms with van der Waals surface area (Å²) in [5, 5.41) is 0. The van der Waals surface area contributed by atoms with Crippen LogP contribution in [0, 0.1) is 0 Å². The fourth-order valence-corrected chi connectivity index (χ4v) is 3.32. The maximum atomic E-state index is 13.1. The third-order valence-electron chi connectivity index (χ3n) is 4.66. The number of rotatable bonds is 5. The minimum atomic E-state index is -0.124. The van der Waals surface area contributed by atoms with E-state index in [0.29, 0.717) is 35.2 Å². The average Bonchev–Trinajstić information content (AvgIpc) is 2.69. The molecule has 1 aliphatic carbocycles. The highest BCUT2D eigenvalue weighted by molar-refractivity contribution is 5.96. The van der Waals surface area contributed by atoms with E-state index in [2.05, 4.69) is 0 Å². The van der Waals surface area contributed by atoms with Gasteiger partial charge in [-0.1, -0.05) is 25.3 Å². The summed E-state index contributed by atoms with van der Waals surface area (Å²) in [6, 6.07) is 11.2. The van der Waals surface area contributed by atoms with E-state index in [0.717, 1.165) is 12.8 Å². The number of nitrogens with zero attached hydrogens (tertiary/aromatic N) is 2. The average molecular weight is 354 g/mol. The van der Waals surface area contributed by atoms with Crippen LogP contribution in [0.25, 0.3) is 0 Å². The van der Waals surface area contributed by atoms with Crippen LogP contribution >= 0.6 is 0 Å². The largest absolute Gasteiger partial charge is 0.493 e. The van der Waals surface area contributed by atoms with Gasteiger partial charge in [0, 0.05) is 11.8 Å². The van der Waals surface area contributed by atoms with Crippen molar-refractivity contribution in [3.05, 3.63) is 53.6 Å². The highest BCUT2D eigenvalue weighted by Crippen LogP contribution is 2.28. The molecule has 2 aromatic rings. The van der Waals surface area contributed by atoms with Crippen LogP contribution in [-0.2, 0) is 0 Å². The first-order chi connectivity index (χ1) is 12.7. The molecule has 1 heterocycles. The first-order valence-corrected chi connectivity index (χ1v) is 9.30. The zero-order valence-corrected chi connectivity index (χ0v) is 15.5. The lowest BCUT2D eigenvalue weighted by atomic mass is 9.96. The first-order valence-electron chi connectivity index (χ1n) is 9.30. The molecule has 26 heavy (non-hydrogen) atoms. The number of hydrogen-bond donors (Lipinski definition) is 0. The Kier molecular flexibility index (Phi) is 6.10. The summed E-state index contributed by atoms with van der Waals surface area (Å²) < 4.78 is 12.5. The van der Waals surface area contributed by atoms with Gasteiger partial charge in [0.25, 0.3) is 5.91 Å². The van der Waals surface area contributed by atoms with Crippen molar-refractivity contribution in [1.82, 2.24) is 4.57 Å². The Balaban J connectivity index is 1.94. The van der Waals surface area contributed by atoms with Gasteiger partial charge in [0.2, 0.25) is 0 Å². The second-order valence-corrected chi connectivity index (χ2v) is 6.45. The molecule has 138 valence electrons. The van der Waals surface area contributed by atoms with E-state index in [1.807, 2.05) is 25.1 Å². The Morgan fingerprint density at radius 1 is 1.15 bits per heavy atom. The molecule has 0 radical (unpaired) electrons. The molecule has 0 N–H and O–H groups in total. The standard InChI is InChI=1S/C21H26N2O3/c1-3-26-18-13-12-16(15-19(18)25-2)21(24)23-14-8-7-11-20(23)22-17-9-5-4-6-10-17/h7-8,11-15,17H,3-6,9-10H2,1-2H3. The molecule has 0 spiro atoms. The second-order valence-electron chi connectivity index (χ2n) is 6.45. The van der Waals surface area contributed by atoms with Crippen molar-refractivity contribution < 1.29 is 14.3 Å². The molecule has 0 bridgehead atoms. The van der Waals surface area contributed by atoms with Crippen molar-refractivity contribution in [2.45, 2.75) is 45.1 Å². The molecule has 0 amide bonds. The van der Waals surface area contributed by atoms with Crippen LogP contribution in [0.15, 0.2) is 47.6 Å². The number of ether oxygens (including phenoxy) is 2. The Bertz CT molecular complexity index is 820. The SMILES string of the molecule is CCOc1ccc(C(=O)n2ccccc2=NC2CCCCC2)cc1OC. The number of methoxy groups -OCH3 is 1. The van der Waals surface area contributed by atoms with Crippen LogP contribution in [0.1, 0.15) is 49.4 Å². The van der Waals surface area contributed by atoms with Gasteiger partial charge in [-0.05, 0) is 50.1 Å². The van der Waals surface area contributed by atoms with E-state index in [1.165, 1.54) is 19.3 Å². The van der Waals surface area contributed by atoms with E-state index in [4.69, 9.17) is 14.5 Å². The lowest BCUT2D eigenvalue weighted by molar-refractivity contribution is 0.0954. The minimum Gasteiger partial charge on any atom is -0.493 e. The third-order valence-corrected chi connectivity index (χ3v) is 4.66. The van der Waals surface area contributed by atoms with Crippen molar-refractivity contribution in [2.75, 3.05) is 13.7 Å². The van der Waals surface area contributed by atoms with Crippen molar-refractivity contribution in [3.63, 3.8) is 0 Å². The number of carbonyl (C=O) groups is 1. The molecule has 0 unspecified atom stereocenters. The molecule has 5 nitrogen and oxygen atoms in total. The molecular formula is C21H26N2O3. The zero-order chi connectivity index (χ0) is 18.4.